The smallest absolute Gasteiger partial charge is 0.309 e. The van der Waals surface area contributed by atoms with Gasteiger partial charge < -0.3 is 5.32 Å². The molecule has 0 bridgehead atoms. The third-order valence-electron chi connectivity index (χ3n) is 3.22. The quantitative estimate of drug-likeness (QED) is 0.837. The minimum Gasteiger partial charge on any atom is -0.309 e. The van der Waals surface area contributed by atoms with Gasteiger partial charge >= 0.3 is 6.18 Å². The minimum atomic E-state index is -4.05. The Bertz CT molecular complexity index is 390. The van der Waals surface area contributed by atoms with Crippen molar-refractivity contribution in [3.05, 3.63) is 29.6 Å². The number of nitrogens with one attached hydrogen (secondary N) is 1. The van der Waals surface area contributed by atoms with Crippen LogP contribution in [-0.4, -0.2) is 17.7 Å². The molecular formula is C13H17F3N2. The van der Waals surface area contributed by atoms with E-state index in [1.54, 1.807) is 6.20 Å². The van der Waals surface area contributed by atoms with Crippen LogP contribution < -0.4 is 5.32 Å². The fraction of sp³-hybridized carbons (Fsp3) is 0.615. The van der Waals surface area contributed by atoms with Gasteiger partial charge in [-0.25, -0.2) is 0 Å². The summed E-state index contributed by atoms with van der Waals surface area (Å²) < 4.78 is 36.1. The average molecular weight is 258 g/mol. The van der Waals surface area contributed by atoms with Gasteiger partial charge in [-0.15, -0.1) is 0 Å². The zero-order valence-corrected chi connectivity index (χ0v) is 10.1. The monoisotopic (exact) mass is 258 g/mol. The lowest BCUT2D eigenvalue weighted by Crippen LogP contribution is -2.27. The van der Waals surface area contributed by atoms with Gasteiger partial charge in [0.15, 0.2) is 0 Å². The van der Waals surface area contributed by atoms with Crippen molar-refractivity contribution in [3.8, 4) is 0 Å². The van der Waals surface area contributed by atoms with E-state index in [1.165, 1.54) is 5.56 Å². The highest BCUT2D eigenvalue weighted by Crippen LogP contribution is 2.28. The molecule has 18 heavy (non-hydrogen) atoms. The zero-order valence-electron chi connectivity index (χ0n) is 10.1. The molecule has 1 atom stereocenters. The van der Waals surface area contributed by atoms with E-state index in [1.807, 2.05) is 12.1 Å². The highest BCUT2D eigenvalue weighted by Gasteiger charge is 2.26. The van der Waals surface area contributed by atoms with E-state index in [0.29, 0.717) is 6.54 Å². The molecule has 1 aliphatic carbocycles. The van der Waals surface area contributed by atoms with E-state index < -0.39 is 12.6 Å². The van der Waals surface area contributed by atoms with Crippen LogP contribution in [0.1, 0.15) is 43.0 Å². The third kappa shape index (κ3) is 3.70. The summed E-state index contributed by atoms with van der Waals surface area (Å²) in [4.78, 5) is 4.34. The Morgan fingerprint density at radius 2 is 2.22 bits per heavy atom. The summed E-state index contributed by atoms with van der Waals surface area (Å²) in [6.45, 7) is 0.389. The van der Waals surface area contributed by atoms with Crippen LogP contribution in [0.15, 0.2) is 18.3 Å². The summed E-state index contributed by atoms with van der Waals surface area (Å²) in [5.74, 6) is 0. The van der Waals surface area contributed by atoms with Crippen molar-refractivity contribution in [2.24, 2.45) is 0 Å². The van der Waals surface area contributed by atoms with Crippen molar-refractivity contribution in [2.45, 2.75) is 44.3 Å². The fourth-order valence-corrected chi connectivity index (χ4v) is 2.37. The zero-order chi connectivity index (χ0) is 13.0. The Morgan fingerprint density at radius 3 is 3.00 bits per heavy atom. The van der Waals surface area contributed by atoms with Gasteiger partial charge in [0.1, 0.15) is 0 Å². The lowest BCUT2D eigenvalue weighted by atomic mass is 9.92. The number of pyridine rings is 1. The first-order chi connectivity index (χ1) is 8.56. The molecule has 1 aromatic rings. The number of hydrogen-bond donors (Lipinski definition) is 1. The van der Waals surface area contributed by atoms with Crippen LogP contribution in [0.3, 0.4) is 0 Å². The van der Waals surface area contributed by atoms with E-state index in [-0.39, 0.29) is 12.5 Å². The lowest BCUT2D eigenvalue weighted by molar-refractivity contribution is -0.135. The van der Waals surface area contributed by atoms with Crippen LogP contribution in [0.25, 0.3) is 0 Å². The Kier molecular flexibility index (Phi) is 4.22. The summed E-state index contributed by atoms with van der Waals surface area (Å²) in [5, 5.41) is 3.19. The summed E-state index contributed by atoms with van der Waals surface area (Å²) in [7, 11) is 0. The number of fused-ring (bicyclic) bond motifs is 1. The number of aromatic nitrogens is 1. The van der Waals surface area contributed by atoms with E-state index in [0.717, 1.165) is 25.0 Å². The molecule has 0 saturated heterocycles. The van der Waals surface area contributed by atoms with Crippen molar-refractivity contribution in [1.29, 1.82) is 0 Å². The first-order valence-corrected chi connectivity index (χ1v) is 6.30. The van der Waals surface area contributed by atoms with E-state index in [2.05, 4.69) is 10.3 Å². The van der Waals surface area contributed by atoms with E-state index in [9.17, 15) is 13.2 Å². The van der Waals surface area contributed by atoms with E-state index in [4.69, 9.17) is 0 Å². The fourth-order valence-electron chi connectivity index (χ4n) is 2.37. The molecule has 0 amide bonds. The van der Waals surface area contributed by atoms with Gasteiger partial charge in [0.2, 0.25) is 0 Å². The minimum absolute atomic E-state index is 0.114. The van der Waals surface area contributed by atoms with Crippen molar-refractivity contribution < 1.29 is 13.2 Å². The number of nitrogens with zero attached hydrogens (tertiary/aromatic N) is 1. The molecule has 100 valence electrons. The van der Waals surface area contributed by atoms with Gasteiger partial charge in [-0.3, -0.25) is 4.98 Å². The Morgan fingerprint density at radius 1 is 1.39 bits per heavy atom. The summed E-state index contributed by atoms with van der Waals surface area (Å²) in [6.07, 6.45) is 0.137. The molecule has 1 aliphatic rings. The molecule has 1 aromatic heterocycles. The number of halogens is 3. The highest BCUT2D eigenvalue weighted by atomic mass is 19.4. The number of rotatable bonds is 4. The highest BCUT2D eigenvalue weighted by molar-refractivity contribution is 5.25. The first-order valence-electron chi connectivity index (χ1n) is 6.30. The molecule has 0 fully saturated rings. The molecule has 0 aliphatic heterocycles. The van der Waals surface area contributed by atoms with Crippen LogP contribution in [0.4, 0.5) is 13.2 Å². The molecule has 0 saturated carbocycles. The van der Waals surface area contributed by atoms with E-state index >= 15 is 0 Å². The normalized spacial score (nSPS) is 19.6. The van der Waals surface area contributed by atoms with Crippen molar-refractivity contribution in [1.82, 2.24) is 10.3 Å². The van der Waals surface area contributed by atoms with Crippen LogP contribution in [0.5, 0.6) is 0 Å². The predicted octanol–water partition coefficient (Wildman–Crippen LogP) is 3.39. The van der Waals surface area contributed by atoms with Crippen molar-refractivity contribution in [2.75, 3.05) is 6.54 Å². The largest absolute Gasteiger partial charge is 0.389 e. The van der Waals surface area contributed by atoms with Crippen LogP contribution in [-0.2, 0) is 6.42 Å². The van der Waals surface area contributed by atoms with Gasteiger partial charge in [-0.05, 0) is 43.9 Å². The maximum atomic E-state index is 12.0. The number of alkyl halides is 3. The topological polar surface area (TPSA) is 24.9 Å². The molecule has 0 aromatic carbocycles. The maximum absolute atomic E-state index is 12.0. The number of hydrogen-bond acceptors (Lipinski definition) is 2. The summed E-state index contributed by atoms with van der Waals surface area (Å²) in [6, 6.07) is 4.07. The van der Waals surface area contributed by atoms with Crippen molar-refractivity contribution >= 4 is 0 Å². The Balaban J connectivity index is 1.84. The molecule has 0 spiro atoms. The SMILES string of the molecule is FC(F)(F)CCCNC1CCCc2cccnc21. The molecule has 1 heterocycles. The molecule has 5 heteroatoms. The average Bonchev–Trinajstić information content (AvgIpc) is 2.33. The molecule has 1 unspecified atom stereocenters. The maximum Gasteiger partial charge on any atom is 0.389 e. The second kappa shape index (κ2) is 5.69. The predicted molar refractivity (Wildman–Crippen MR) is 63.2 cm³/mol. The van der Waals surface area contributed by atoms with Crippen LogP contribution >= 0.6 is 0 Å². The Hall–Kier alpha value is -1.10. The molecule has 1 N–H and O–H groups in total. The summed E-state index contributed by atoms with van der Waals surface area (Å²) in [5.41, 5.74) is 2.23. The van der Waals surface area contributed by atoms with Crippen LogP contribution in [0, 0.1) is 0 Å². The van der Waals surface area contributed by atoms with Gasteiger partial charge in [0.25, 0.3) is 0 Å². The second-order valence-corrected chi connectivity index (χ2v) is 4.67. The Labute approximate surface area is 105 Å². The van der Waals surface area contributed by atoms with Crippen molar-refractivity contribution in [3.63, 3.8) is 0 Å². The lowest BCUT2D eigenvalue weighted by Gasteiger charge is -2.25. The molecular weight excluding hydrogens is 241 g/mol. The third-order valence-corrected chi connectivity index (χ3v) is 3.22. The van der Waals surface area contributed by atoms with Gasteiger partial charge in [-0.2, -0.15) is 13.2 Å². The molecule has 2 rings (SSSR count). The number of aryl methyl sites for hydroxylation is 1. The molecule has 0 radical (unpaired) electrons. The first kappa shape index (κ1) is 13.3. The molecule has 2 nitrogen and oxygen atoms in total. The van der Waals surface area contributed by atoms with Gasteiger partial charge in [0.05, 0.1) is 5.69 Å². The van der Waals surface area contributed by atoms with Crippen LogP contribution in [0.2, 0.25) is 0 Å². The van der Waals surface area contributed by atoms with Gasteiger partial charge in [-0.1, -0.05) is 6.07 Å². The summed E-state index contributed by atoms with van der Waals surface area (Å²) >= 11 is 0. The van der Waals surface area contributed by atoms with Gasteiger partial charge in [0, 0.05) is 18.7 Å². The standard InChI is InChI=1S/C13H17F3N2/c14-13(15,16)7-3-9-17-11-6-1-4-10-5-2-8-18-12(10)11/h2,5,8,11,17H,1,3-4,6-7,9H2. The second-order valence-electron chi connectivity index (χ2n) is 4.67.